The van der Waals surface area contributed by atoms with Crippen LogP contribution in [0.25, 0.3) is 10.9 Å². The van der Waals surface area contributed by atoms with Crippen molar-refractivity contribution < 1.29 is 50.5 Å². The van der Waals surface area contributed by atoms with Crippen molar-refractivity contribution in [2.75, 3.05) is 7.11 Å². The van der Waals surface area contributed by atoms with Gasteiger partial charge in [0, 0.05) is 11.5 Å². The largest absolute Gasteiger partial charge is 0.496 e. The summed E-state index contributed by atoms with van der Waals surface area (Å²) in [5.74, 6) is -0.888. The summed E-state index contributed by atoms with van der Waals surface area (Å²) in [6.07, 6.45) is -7.00. The summed E-state index contributed by atoms with van der Waals surface area (Å²) < 4.78 is 95.6. The molecule has 45 heavy (non-hydrogen) atoms. The minimum Gasteiger partial charge on any atom is -0.496 e. The van der Waals surface area contributed by atoms with Crippen LogP contribution in [0.1, 0.15) is 54.1 Å². The number of pyridine rings is 1. The van der Waals surface area contributed by atoms with Crippen LogP contribution < -0.4 is 14.2 Å². The summed E-state index contributed by atoms with van der Waals surface area (Å²) in [7, 11) is 1.27. The third-order valence-corrected chi connectivity index (χ3v) is 7.18. The van der Waals surface area contributed by atoms with Crippen LogP contribution in [0.5, 0.6) is 17.2 Å². The van der Waals surface area contributed by atoms with Crippen LogP contribution in [0.2, 0.25) is 0 Å². The van der Waals surface area contributed by atoms with E-state index in [1.165, 1.54) is 25.3 Å². The van der Waals surface area contributed by atoms with E-state index in [9.17, 15) is 36.2 Å². The van der Waals surface area contributed by atoms with Gasteiger partial charge in [-0.05, 0) is 72.0 Å². The molecule has 0 amide bonds. The second-order valence-corrected chi connectivity index (χ2v) is 10.5. The zero-order chi connectivity index (χ0) is 32.8. The van der Waals surface area contributed by atoms with Gasteiger partial charge in [0.2, 0.25) is 0 Å². The Hall–Kier alpha value is -4.48. The van der Waals surface area contributed by atoms with Gasteiger partial charge in [-0.25, -0.2) is 4.98 Å². The zero-order valence-electron chi connectivity index (χ0n) is 24.5. The average molecular weight is 636 g/mol. The van der Waals surface area contributed by atoms with Crippen LogP contribution >= 0.6 is 0 Å². The van der Waals surface area contributed by atoms with E-state index in [4.69, 9.17) is 14.2 Å². The molecule has 0 aliphatic carbocycles. The number of carboxylic acid groups (broad SMARTS) is 1. The molecule has 4 aromatic rings. The maximum Gasteiger partial charge on any atom is 0.433 e. The lowest BCUT2D eigenvalue weighted by Crippen LogP contribution is -2.17. The quantitative estimate of drug-likeness (QED) is 0.148. The number of benzene rings is 3. The Morgan fingerprint density at radius 3 is 2.16 bits per heavy atom. The van der Waals surface area contributed by atoms with Gasteiger partial charge in [-0.3, -0.25) is 4.79 Å². The smallest absolute Gasteiger partial charge is 0.433 e. The van der Waals surface area contributed by atoms with E-state index in [2.05, 4.69) is 4.98 Å². The number of hydrogen-bond donors (Lipinski definition) is 1. The van der Waals surface area contributed by atoms with Gasteiger partial charge in [0.15, 0.2) is 0 Å². The molecule has 1 atom stereocenters. The van der Waals surface area contributed by atoms with Gasteiger partial charge in [-0.2, -0.15) is 26.3 Å². The van der Waals surface area contributed by atoms with Crippen molar-refractivity contribution in [3.63, 3.8) is 0 Å². The molecule has 0 spiro atoms. The molecular formula is C33H31F6NO5. The number of carboxylic acids is 1. The molecule has 3 aromatic carbocycles. The molecule has 12 heteroatoms. The first-order valence-electron chi connectivity index (χ1n) is 14.1. The fourth-order valence-corrected chi connectivity index (χ4v) is 4.74. The van der Waals surface area contributed by atoms with Crippen molar-refractivity contribution in [1.82, 2.24) is 4.98 Å². The van der Waals surface area contributed by atoms with Gasteiger partial charge in [0.1, 0.15) is 36.2 Å². The van der Waals surface area contributed by atoms with Gasteiger partial charge in [0.05, 0.1) is 24.1 Å². The first kappa shape index (κ1) is 33.4. The number of fused-ring (bicyclic) bond motifs is 1. The maximum absolute atomic E-state index is 13.2. The number of carbonyl (C=O) groups is 1. The molecule has 6 nitrogen and oxygen atoms in total. The predicted octanol–water partition coefficient (Wildman–Crippen LogP) is 8.87. The van der Waals surface area contributed by atoms with Crippen LogP contribution in [0.3, 0.4) is 0 Å². The first-order valence-corrected chi connectivity index (χ1v) is 14.1. The summed E-state index contributed by atoms with van der Waals surface area (Å²) in [5.41, 5.74) is -0.0685. The van der Waals surface area contributed by atoms with E-state index in [-0.39, 0.29) is 30.9 Å². The number of alkyl halides is 6. The lowest BCUT2D eigenvalue weighted by atomic mass is 9.93. The highest BCUT2D eigenvalue weighted by atomic mass is 19.4. The summed E-state index contributed by atoms with van der Waals surface area (Å²) in [6, 6.07) is 14.9. The van der Waals surface area contributed by atoms with Crippen molar-refractivity contribution in [2.45, 2.75) is 58.2 Å². The van der Waals surface area contributed by atoms with E-state index in [1.54, 1.807) is 30.3 Å². The first-order chi connectivity index (χ1) is 21.3. The molecule has 0 aliphatic rings. The summed E-state index contributed by atoms with van der Waals surface area (Å²) in [4.78, 5) is 15.7. The predicted molar refractivity (Wildman–Crippen MR) is 154 cm³/mol. The summed E-state index contributed by atoms with van der Waals surface area (Å²) in [6.45, 7) is 1.95. The summed E-state index contributed by atoms with van der Waals surface area (Å²) in [5, 5.41) is 10.2. The van der Waals surface area contributed by atoms with Crippen molar-refractivity contribution in [3.05, 3.63) is 94.7 Å². The van der Waals surface area contributed by atoms with Gasteiger partial charge in [-0.1, -0.05) is 38.0 Å². The number of unbranched alkanes of at least 4 members (excludes halogenated alkanes) is 1. The summed E-state index contributed by atoms with van der Waals surface area (Å²) >= 11 is 0. The highest BCUT2D eigenvalue weighted by Gasteiger charge is 2.34. The highest BCUT2D eigenvalue weighted by molar-refractivity contribution is 5.86. The lowest BCUT2D eigenvalue weighted by Gasteiger charge is -2.18. The van der Waals surface area contributed by atoms with E-state index in [0.29, 0.717) is 46.4 Å². The third-order valence-electron chi connectivity index (χ3n) is 7.18. The molecule has 0 bridgehead atoms. The minimum absolute atomic E-state index is 0.0119. The van der Waals surface area contributed by atoms with Crippen molar-refractivity contribution in [2.24, 2.45) is 5.92 Å². The van der Waals surface area contributed by atoms with Crippen molar-refractivity contribution in [3.8, 4) is 17.2 Å². The SMILES string of the molecule is CCCCC(Cc1cc(OCc2ccc3nc(C(F)(F)F)cc(OC)c3c2)ccc1OCc1ccc(C(F)(F)F)cc1)C(=O)O. The second kappa shape index (κ2) is 14.1. The Bertz CT molecular complexity index is 1620. The number of hydrogen-bond acceptors (Lipinski definition) is 5. The van der Waals surface area contributed by atoms with E-state index in [0.717, 1.165) is 24.6 Å². The molecule has 1 unspecified atom stereocenters. The topological polar surface area (TPSA) is 77.9 Å². The van der Waals surface area contributed by atoms with Crippen LogP contribution in [0, 0.1) is 5.92 Å². The molecule has 1 heterocycles. The molecule has 1 N–H and O–H groups in total. The van der Waals surface area contributed by atoms with Gasteiger partial charge < -0.3 is 19.3 Å². The number of methoxy groups -OCH3 is 1. The number of halogens is 6. The Morgan fingerprint density at radius 2 is 1.53 bits per heavy atom. The van der Waals surface area contributed by atoms with Crippen LogP contribution in [0.15, 0.2) is 66.7 Å². The van der Waals surface area contributed by atoms with Gasteiger partial charge >= 0.3 is 18.3 Å². The molecule has 0 saturated heterocycles. The lowest BCUT2D eigenvalue weighted by molar-refractivity contribution is -0.142. The Balaban J connectivity index is 1.56. The van der Waals surface area contributed by atoms with Gasteiger partial charge in [0.25, 0.3) is 0 Å². The second-order valence-electron chi connectivity index (χ2n) is 10.5. The number of rotatable bonds is 13. The van der Waals surface area contributed by atoms with Gasteiger partial charge in [-0.15, -0.1) is 0 Å². The molecule has 240 valence electrons. The normalized spacial score (nSPS) is 12.6. The number of ether oxygens (including phenoxy) is 3. The molecule has 4 rings (SSSR count). The minimum atomic E-state index is -4.63. The van der Waals surface area contributed by atoms with E-state index in [1.807, 2.05) is 6.92 Å². The van der Waals surface area contributed by atoms with Crippen LogP contribution in [-0.4, -0.2) is 23.2 Å². The van der Waals surface area contributed by atoms with E-state index >= 15 is 0 Å². The number of nitrogens with zero attached hydrogens (tertiary/aromatic N) is 1. The standard InChI is InChI=1S/C33H31F6NO5/c1-3-4-5-22(31(41)42)15-23-16-25(11-13-28(23)45-18-20-6-9-24(10-7-20)32(34,35)36)44-19-21-8-12-27-26(14-21)29(43-2)17-30(40-27)33(37,38)39/h6-14,16-17,22H,3-5,15,18-19H2,1-2H3,(H,41,42). The Morgan fingerprint density at radius 1 is 0.844 bits per heavy atom. The molecular weight excluding hydrogens is 604 g/mol. The zero-order valence-corrected chi connectivity index (χ0v) is 24.5. The maximum atomic E-state index is 13.2. The number of aromatic nitrogens is 1. The monoisotopic (exact) mass is 635 g/mol. The fraction of sp³-hybridized carbons (Fsp3) is 0.333. The van der Waals surface area contributed by atoms with Crippen LogP contribution in [-0.2, 0) is 36.8 Å². The Labute approximate surface area is 255 Å². The number of aliphatic carboxylic acids is 1. The molecule has 0 aliphatic heterocycles. The van der Waals surface area contributed by atoms with Crippen molar-refractivity contribution in [1.29, 1.82) is 0 Å². The molecule has 1 aromatic heterocycles. The van der Waals surface area contributed by atoms with E-state index < -0.39 is 35.5 Å². The molecule has 0 saturated carbocycles. The fourth-order valence-electron chi connectivity index (χ4n) is 4.74. The Kier molecular flexibility index (Phi) is 10.5. The molecule has 0 fully saturated rings. The van der Waals surface area contributed by atoms with Crippen molar-refractivity contribution >= 4 is 16.9 Å². The van der Waals surface area contributed by atoms with Crippen LogP contribution in [0.4, 0.5) is 26.3 Å². The molecule has 0 radical (unpaired) electrons. The third kappa shape index (κ3) is 8.80. The highest BCUT2D eigenvalue weighted by Crippen LogP contribution is 2.35. The average Bonchev–Trinajstić information content (AvgIpc) is 3.00.